The molecule has 0 saturated heterocycles. The third-order valence-electron chi connectivity index (χ3n) is 4.59. The summed E-state index contributed by atoms with van der Waals surface area (Å²) in [6.07, 6.45) is 0. The van der Waals surface area contributed by atoms with Crippen LogP contribution < -0.4 is 10.9 Å². The van der Waals surface area contributed by atoms with Crippen LogP contribution in [0.2, 0.25) is 0 Å². The van der Waals surface area contributed by atoms with Crippen molar-refractivity contribution in [1.82, 2.24) is 10.9 Å². The minimum atomic E-state index is -0.436. The summed E-state index contributed by atoms with van der Waals surface area (Å²) in [7, 11) is 0. The van der Waals surface area contributed by atoms with Gasteiger partial charge in [0.05, 0.1) is 11.4 Å². The lowest BCUT2D eigenvalue weighted by atomic mass is 10.1. The first-order valence-electron chi connectivity index (χ1n) is 9.71. The number of carbonyl (C=O) groups excluding carboxylic acids is 2. The van der Waals surface area contributed by atoms with Crippen LogP contribution in [0.5, 0.6) is 11.5 Å². The van der Waals surface area contributed by atoms with E-state index >= 15 is 0 Å². The van der Waals surface area contributed by atoms with Gasteiger partial charge in [-0.25, -0.2) is 10.9 Å². The zero-order valence-corrected chi connectivity index (χ0v) is 17.5. The van der Waals surface area contributed by atoms with E-state index < -0.39 is 11.8 Å². The number of benzene rings is 3. The van der Waals surface area contributed by atoms with Crippen LogP contribution in [0.3, 0.4) is 0 Å². The Morgan fingerprint density at radius 3 is 1.34 bits per heavy atom. The van der Waals surface area contributed by atoms with Gasteiger partial charge in [0.25, 0.3) is 11.8 Å². The van der Waals surface area contributed by atoms with Gasteiger partial charge in [-0.3, -0.25) is 9.59 Å². The number of carbonyl (C=O) groups is 2. The van der Waals surface area contributed by atoms with Crippen molar-refractivity contribution in [2.24, 2.45) is 10.2 Å². The van der Waals surface area contributed by atoms with E-state index in [1.807, 2.05) is 0 Å². The first-order chi connectivity index (χ1) is 15.3. The van der Waals surface area contributed by atoms with Gasteiger partial charge in [0.2, 0.25) is 0 Å². The smallest absolute Gasteiger partial charge is 0.271 e. The van der Waals surface area contributed by atoms with E-state index in [1.165, 1.54) is 24.3 Å². The van der Waals surface area contributed by atoms with Crippen LogP contribution in [-0.2, 0) is 0 Å². The molecular weight excluding hydrogens is 408 g/mol. The molecule has 0 aromatic heterocycles. The lowest BCUT2D eigenvalue weighted by Crippen LogP contribution is -2.21. The van der Waals surface area contributed by atoms with Crippen molar-refractivity contribution < 1.29 is 19.8 Å². The van der Waals surface area contributed by atoms with Crippen molar-refractivity contribution in [2.45, 2.75) is 13.8 Å². The predicted octanol–water partition coefficient (Wildman–Crippen LogP) is 3.41. The van der Waals surface area contributed by atoms with Gasteiger partial charge in [-0.2, -0.15) is 10.2 Å². The minimum absolute atomic E-state index is 0.110. The number of hydrogen-bond acceptors (Lipinski definition) is 6. The van der Waals surface area contributed by atoms with E-state index in [2.05, 4.69) is 21.1 Å². The molecule has 0 fully saturated rings. The van der Waals surface area contributed by atoms with Crippen molar-refractivity contribution in [3.63, 3.8) is 0 Å². The van der Waals surface area contributed by atoms with Crippen LogP contribution in [0, 0.1) is 0 Å². The Hall–Kier alpha value is -4.46. The number of rotatable bonds is 6. The number of aromatic hydroxyl groups is 2. The number of phenols is 2. The minimum Gasteiger partial charge on any atom is -0.508 e. The molecule has 0 spiro atoms. The maximum atomic E-state index is 12.3. The van der Waals surface area contributed by atoms with Crippen LogP contribution in [0.1, 0.15) is 45.7 Å². The zero-order valence-electron chi connectivity index (χ0n) is 17.5. The molecule has 0 aliphatic heterocycles. The van der Waals surface area contributed by atoms with Crippen molar-refractivity contribution in [2.75, 3.05) is 0 Å². The van der Waals surface area contributed by atoms with E-state index in [-0.39, 0.29) is 11.5 Å². The van der Waals surface area contributed by atoms with E-state index in [0.717, 1.165) is 0 Å². The molecular formula is C24H22N4O4. The van der Waals surface area contributed by atoms with Crippen molar-refractivity contribution in [1.29, 1.82) is 0 Å². The quantitative estimate of drug-likeness (QED) is 0.353. The lowest BCUT2D eigenvalue weighted by Gasteiger charge is -2.06. The van der Waals surface area contributed by atoms with Gasteiger partial charge in [-0.05, 0) is 62.4 Å². The highest BCUT2D eigenvalue weighted by Crippen LogP contribution is 2.13. The lowest BCUT2D eigenvalue weighted by molar-refractivity contribution is 0.0943. The summed E-state index contributed by atoms with van der Waals surface area (Å²) < 4.78 is 0. The summed E-state index contributed by atoms with van der Waals surface area (Å²) in [6.45, 7) is 3.42. The van der Waals surface area contributed by atoms with Gasteiger partial charge >= 0.3 is 0 Å². The standard InChI is InChI=1S/C24H22N4O4/c1-15(19-5-3-7-21(29)13-19)25-27-23(31)17-9-11-18(12-10-17)24(32)28-26-16(2)20-6-4-8-22(30)14-20/h3-14,29-30H,1-2H3,(H,27,31)(H,28,32)/b25-15-,26-16-. The van der Waals surface area contributed by atoms with Crippen molar-refractivity contribution in [3.8, 4) is 11.5 Å². The fourth-order valence-electron chi connectivity index (χ4n) is 2.76. The topological polar surface area (TPSA) is 123 Å². The maximum Gasteiger partial charge on any atom is 0.271 e. The fraction of sp³-hybridized carbons (Fsp3) is 0.0833. The Bertz CT molecular complexity index is 1110. The highest BCUT2D eigenvalue weighted by atomic mass is 16.3. The molecule has 0 radical (unpaired) electrons. The molecule has 4 N–H and O–H groups in total. The van der Waals surface area contributed by atoms with Crippen LogP contribution in [0.25, 0.3) is 0 Å². The van der Waals surface area contributed by atoms with Crippen LogP contribution in [-0.4, -0.2) is 33.5 Å². The monoisotopic (exact) mass is 430 g/mol. The van der Waals surface area contributed by atoms with E-state index in [0.29, 0.717) is 33.7 Å². The Kier molecular flexibility index (Phi) is 6.97. The third kappa shape index (κ3) is 5.79. The van der Waals surface area contributed by atoms with Gasteiger partial charge in [0.15, 0.2) is 0 Å². The summed E-state index contributed by atoms with van der Waals surface area (Å²) in [5, 5.41) is 27.2. The molecule has 0 heterocycles. The second-order valence-electron chi connectivity index (χ2n) is 6.95. The van der Waals surface area contributed by atoms with Gasteiger partial charge in [0.1, 0.15) is 11.5 Å². The summed E-state index contributed by atoms with van der Waals surface area (Å²) in [6, 6.07) is 19.1. The third-order valence-corrected chi connectivity index (χ3v) is 4.59. The number of hydrazone groups is 2. The van der Waals surface area contributed by atoms with Gasteiger partial charge < -0.3 is 10.2 Å². The summed E-state index contributed by atoms with van der Waals surface area (Å²) in [5.74, 6) is -0.652. The highest BCUT2D eigenvalue weighted by Gasteiger charge is 2.09. The fourth-order valence-corrected chi connectivity index (χ4v) is 2.76. The second-order valence-corrected chi connectivity index (χ2v) is 6.95. The molecule has 0 atom stereocenters. The first-order valence-corrected chi connectivity index (χ1v) is 9.71. The molecule has 2 amide bonds. The molecule has 0 aliphatic rings. The normalized spacial score (nSPS) is 11.7. The number of nitrogens with zero attached hydrogens (tertiary/aromatic N) is 2. The largest absolute Gasteiger partial charge is 0.508 e. The SMILES string of the molecule is C/C(=N/NC(=O)c1ccc(C(=O)N/N=C(/C)c2cccc(O)c2)cc1)c1cccc(O)c1. The Morgan fingerprint density at radius 1 is 0.625 bits per heavy atom. The van der Waals surface area contributed by atoms with E-state index in [4.69, 9.17) is 0 Å². The van der Waals surface area contributed by atoms with Crippen LogP contribution in [0.4, 0.5) is 0 Å². The molecule has 0 saturated carbocycles. The number of amides is 2. The van der Waals surface area contributed by atoms with Gasteiger partial charge in [-0.1, -0.05) is 24.3 Å². The molecule has 3 aromatic carbocycles. The average Bonchev–Trinajstić information content (AvgIpc) is 2.80. The molecule has 3 rings (SSSR count). The van der Waals surface area contributed by atoms with E-state index in [9.17, 15) is 19.8 Å². The Morgan fingerprint density at radius 2 is 1.00 bits per heavy atom. The maximum absolute atomic E-state index is 12.3. The molecule has 32 heavy (non-hydrogen) atoms. The molecule has 3 aromatic rings. The van der Waals surface area contributed by atoms with Gasteiger partial charge in [0, 0.05) is 22.3 Å². The van der Waals surface area contributed by atoms with E-state index in [1.54, 1.807) is 62.4 Å². The second kappa shape index (κ2) is 10.0. The Labute approximate surface area is 184 Å². The van der Waals surface area contributed by atoms with Crippen LogP contribution in [0.15, 0.2) is 83.0 Å². The molecule has 0 bridgehead atoms. The average molecular weight is 430 g/mol. The molecule has 0 unspecified atom stereocenters. The van der Waals surface area contributed by atoms with Crippen molar-refractivity contribution >= 4 is 23.2 Å². The molecule has 8 heteroatoms. The number of nitrogens with one attached hydrogen (secondary N) is 2. The number of hydrogen-bond donors (Lipinski definition) is 4. The summed E-state index contributed by atoms with van der Waals surface area (Å²) in [4.78, 5) is 24.6. The predicted molar refractivity (Wildman–Crippen MR) is 122 cm³/mol. The molecule has 162 valence electrons. The Balaban J connectivity index is 1.61. The zero-order chi connectivity index (χ0) is 23.1. The highest BCUT2D eigenvalue weighted by molar-refractivity contribution is 6.02. The molecule has 0 aliphatic carbocycles. The summed E-state index contributed by atoms with van der Waals surface area (Å²) >= 11 is 0. The number of phenolic OH excluding ortho intramolecular Hbond substituents is 2. The summed E-state index contributed by atoms with van der Waals surface area (Å²) in [5.41, 5.74) is 7.98. The van der Waals surface area contributed by atoms with Gasteiger partial charge in [-0.15, -0.1) is 0 Å². The molecule has 8 nitrogen and oxygen atoms in total. The van der Waals surface area contributed by atoms with Crippen molar-refractivity contribution in [3.05, 3.63) is 95.1 Å². The van der Waals surface area contributed by atoms with Crippen LogP contribution >= 0.6 is 0 Å². The first kappa shape index (κ1) is 22.2.